The first-order valence-electron chi connectivity index (χ1n) is 9.67. The molecule has 7 nitrogen and oxygen atoms in total. The molecule has 0 unspecified atom stereocenters. The van der Waals surface area contributed by atoms with Gasteiger partial charge in [-0.2, -0.15) is 17.5 Å². The quantitative estimate of drug-likeness (QED) is 0.628. The highest BCUT2D eigenvalue weighted by Gasteiger charge is 2.31. The van der Waals surface area contributed by atoms with Gasteiger partial charge < -0.3 is 9.64 Å². The van der Waals surface area contributed by atoms with Crippen LogP contribution >= 0.6 is 0 Å². The van der Waals surface area contributed by atoms with Crippen molar-refractivity contribution in [3.05, 3.63) is 65.2 Å². The first-order valence-corrected chi connectivity index (χ1v) is 11.1. The van der Waals surface area contributed by atoms with Gasteiger partial charge in [-0.3, -0.25) is 4.79 Å². The minimum absolute atomic E-state index is 0.000332. The Morgan fingerprint density at radius 3 is 2.19 bits per heavy atom. The Labute approximate surface area is 183 Å². The summed E-state index contributed by atoms with van der Waals surface area (Å²) in [4.78, 5) is 25.3. The number of hydrogen-bond acceptors (Lipinski definition) is 5. The smallest absolute Gasteiger partial charge is 0.416 e. The zero-order chi connectivity index (χ0) is 23.5. The Balaban J connectivity index is 1.66. The summed E-state index contributed by atoms with van der Waals surface area (Å²) in [5.74, 6) is -0.928. The van der Waals surface area contributed by atoms with Crippen LogP contribution in [0.3, 0.4) is 0 Å². The molecule has 3 rings (SSSR count). The SMILES string of the molecule is CC(=O)N1CCN(S(=O)(=O)c2cccc(C(=O)OCc3ccc(C(F)(F)F)cc3)c2)CC1. The fourth-order valence-corrected chi connectivity index (χ4v) is 4.67. The number of benzene rings is 2. The van der Waals surface area contributed by atoms with E-state index < -0.39 is 27.7 Å². The molecule has 1 saturated heterocycles. The van der Waals surface area contributed by atoms with Crippen LogP contribution in [0.25, 0.3) is 0 Å². The molecule has 172 valence electrons. The largest absolute Gasteiger partial charge is 0.457 e. The number of nitrogens with zero attached hydrogens (tertiary/aromatic N) is 2. The number of alkyl halides is 3. The fraction of sp³-hybridized carbons (Fsp3) is 0.333. The van der Waals surface area contributed by atoms with E-state index in [-0.39, 0.29) is 49.2 Å². The lowest BCUT2D eigenvalue weighted by Crippen LogP contribution is -2.49. The van der Waals surface area contributed by atoms with Gasteiger partial charge in [0, 0.05) is 33.1 Å². The Kier molecular flexibility index (Phi) is 6.89. The van der Waals surface area contributed by atoms with Crippen LogP contribution in [0.15, 0.2) is 53.4 Å². The summed E-state index contributed by atoms with van der Waals surface area (Å²) in [7, 11) is -3.87. The Hall–Kier alpha value is -2.92. The Morgan fingerprint density at radius 2 is 1.62 bits per heavy atom. The standard InChI is InChI=1S/C21H21F3N2O5S/c1-15(27)25-9-11-26(12-10-25)32(29,30)19-4-2-3-17(13-19)20(28)31-14-16-5-7-18(8-6-16)21(22,23)24/h2-8,13H,9-12,14H2,1H3. The second-order valence-corrected chi connectivity index (χ2v) is 9.15. The van der Waals surface area contributed by atoms with Crippen LogP contribution in [0.5, 0.6) is 0 Å². The molecule has 0 bridgehead atoms. The lowest BCUT2D eigenvalue weighted by Gasteiger charge is -2.33. The average molecular weight is 470 g/mol. The summed E-state index contributed by atoms with van der Waals surface area (Å²) >= 11 is 0. The summed E-state index contributed by atoms with van der Waals surface area (Å²) in [6, 6.07) is 9.55. The van der Waals surface area contributed by atoms with Crippen LogP contribution < -0.4 is 0 Å². The van der Waals surface area contributed by atoms with E-state index in [4.69, 9.17) is 4.74 Å². The van der Waals surface area contributed by atoms with Gasteiger partial charge in [0.2, 0.25) is 15.9 Å². The van der Waals surface area contributed by atoms with Crippen molar-refractivity contribution in [1.29, 1.82) is 0 Å². The number of sulfonamides is 1. The summed E-state index contributed by atoms with van der Waals surface area (Å²) in [6.07, 6.45) is -4.46. The second kappa shape index (κ2) is 9.29. The average Bonchev–Trinajstić information content (AvgIpc) is 2.77. The van der Waals surface area contributed by atoms with Gasteiger partial charge in [-0.1, -0.05) is 18.2 Å². The predicted molar refractivity (Wildman–Crippen MR) is 108 cm³/mol. The fourth-order valence-electron chi connectivity index (χ4n) is 3.20. The maximum atomic E-state index is 12.9. The van der Waals surface area contributed by atoms with Crippen molar-refractivity contribution in [2.45, 2.75) is 24.6 Å². The minimum Gasteiger partial charge on any atom is -0.457 e. The van der Waals surface area contributed by atoms with Gasteiger partial charge >= 0.3 is 12.1 Å². The highest BCUT2D eigenvalue weighted by molar-refractivity contribution is 7.89. The summed E-state index contributed by atoms with van der Waals surface area (Å²) in [5.41, 5.74) is -0.451. The summed E-state index contributed by atoms with van der Waals surface area (Å²) in [6.45, 7) is 2.01. The van der Waals surface area contributed by atoms with E-state index in [0.29, 0.717) is 5.56 Å². The molecular formula is C21H21F3N2O5S. The molecule has 0 saturated carbocycles. The molecule has 0 atom stereocenters. The van der Waals surface area contributed by atoms with Crippen LogP contribution in [0.1, 0.15) is 28.4 Å². The number of esters is 1. The second-order valence-electron chi connectivity index (χ2n) is 7.21. The van der Waals surface area contributed by atoms with Gasteiger partial charge in [0.15, 0.2) is 0 Å². The van der Waals surface area contributed by atoms with Crippen LogP contribution in [-0.4, -0.2) is 55.7 Å². The molecular weight excluding hydrogens is 449 g/mol. The van der Waals surface area contributed by atoms with Crippen LogP contribution in [0.4, 0.5) is 13.2 Å². The van der Waals surface area contributed by atoms with E-state index in [9.17, 15) is 31.2 Å². The van der Waals surface area contributed by atoms with Gasteiger partial charge in [-0.05, 0) is 35.9 Å². The van der Waals surface area contributed by atoms with Crippen molar-refractivity contribution in [3.8, 4) is 0 Å². The van der Waals surface area contributed by atoms with Crippen molar-refractivity contribution in [3.63, 3.8) is 0 Å². The molecule has 0 aliphatic carbocycles. The van der Waals surface area contributed by atoms with Gasteiger partial charge in [0.25, 0.3) is 0 Å². The number of halogens is 3. The van der Waals surface area contributed by atoms with E-state index in [1.165, 1.54) is 47.6 Å². The zero-order valence-electron chi connectivity index (χ0n) is 17.1. The number of amides is 1. The number of piperazine rings is 1. The van der Waals surface area contributed by atoms with Crippen molar-refractivity contribution in [2.24, 2.45) is 0 Å². The molecule has 0 spiro atoms. The normalized spacial score (nSPS) is 15.4. The number of carbonyl (C=O) groups excluding carboxylic acids is 2. The predicted octanol–water partition coefficient (Wildman–Crippen LogP) is 2.92. The zero-order valence-corrected chi connectivity index (χ0v) is 17.9. The number of carbonyl (C=O) groups is 2. The highest BCUT2D eigenvalue weighted by Crippen LogP contribution is 2.29. The Bertz CT molecular complexity index is 1090. The minimum atomic E-state index is -4.46. The van der Waals surface area contributed by atoms with Gasteiger partial charge in [0.05, 0.1) is 16.0 Å². The van der Waals surface area contributed by atoms with Crippen LogP contribution in [0, 0.1) is 0 Å². The molecule has 32 heavy (non-hydrogen) atoms. The molecule has 2 aromatic carbocycles. The topological polar surface area (TPSA) is 84.0 Å². The molecule has 1 heterocycles. The third kappa shape index (κ3) is 5.46. The monoisotopic (exact) mass is 470 g/mol. The van der Waals surface area contributed by atoms with Crippen molar-refractivity contribution in [1.82, 2.24) is 9.21 Å². The van der Waals surface area contributed by atoms with Crippen LogP contribution in [0.2, 0.25) is 0 Å². The van der Waals surface area contributed by atoms with E-state index in [2.05, 4.69) is 0 Å². The number of ether oxygens (including phenoxy) is 1. The van der Waals surface area contributed by atoms with E-state index >= 15 is 0 Å². The van der Waals surface area contributed by atoms with Crippen molar-refractivity contribution < 1.29 is 35.9 Å². The molecule has 11 heteroatoms. The molecule has 1 fully saturated rings. The molecule has 2 aromatic rings. The maximum Gasteiger partial charge on any atom is 0.416 e. The maximum absolute atomic E-state index is 12.9. The molecule has 0 aromatic heterocycles. The molecule has 1 aliphatic rings. The molecule has 1 aliphatic heterocycles. The van der Waals surface area contributed by atoms with E-state index in [1.807, 2.05) is 0 Å². The summed E-state index contributed by atoms with van der Waals surface area (Å²) in [5, 5.41) is 0. The first kappa shape index (κ1) is 23.7. The van der Waals surface area contributed by atoms with E-state index in [0.717, 1.165) is 12.1 Å². The lowest BCUT2D eigenvalue weighted by molar-refractivity contribution is -0.137. The molecule has 1 amide bonds. The lowest BCUT2D eigenvalue weighted by atomic mass is 10.1. The molecule has 0 radical (unpaired) electrons. The van der Waals surface area contributed by atoms with Gasteiger partial charge in [-0.15, -0.1) is 0 Å². The molecule has 0 N–H and O–H groups in total. The van der Waals surface area contributed by atoms with E-state index in [1.54, 1.807) is 4.90 Å². The Morgan fingerprint density at radius 1 is 1.00 bits per heavy atom. The van der Waals surface area contributed by atoms with Crippen LogP contribution in [-0.2, 0) is 32.3 Å². The van der Waals surface area contributed by atoms with Gasteiger partial charge in [0.1, 0.15) is 6.61 Å². The number of rotatable bonds is 5. The van der Waals surface area contributed by atoms with Crippen molar-refractivity contribution >= 4 is 21.9 Å². The first-order chi connectivity index (χ1) is 15.0. The third-order valence-electron chi connectivity index (χ3n) is 5.04. The van der Waals surface area contributed by atoms with Crippen molar-refractivity contribution in [2.75, 3.05) is 26.2 Å². The highest BCUT2D eigenvalue weighted by atomic mass is 32.2. The number of hydrogen-bond donors (Lipinski definition) is 0. The van der Waals surface area contributed by atoms with Gasteiger partial charge in [-0.25, -0.2) is 13.2 Å². The third-order valence-corrected chi connectivity index (χ3v) is 6.94. The summed E-state index contributed by atoms with van der Waals surface area (Å²) < 4.78 is 70.1.